The molecule has 0 aromatic rings. The summed E-state index contributed by atoms with van der Waals surface area (Å²) in [6, 6.07) is -0.100. The molecular weight excluding hydrogens is 347 g/mol. The van der Waals surface area contributed by atoms with Crippen molar-refractivity contribution in [3.05, 3.63) is 0 Å². The van der Waals surface area contributed by atoms with Gasteiger partial charge < -0.3 is 21.5 Å². The zero-order chi connectivity index (χ0) is 13.5. The van der Waals surface area contributed by atoms with Gasteiger partial charge in [-0.1, -0.05) is 13.3 Å². The average Bonchev–Trinajstić information content (AvgIpc) is 2.11. The second-order valence-corrected chi connectivity index (χ2v) is 4.90. The predicted molar refractivity (Wildman–Crippen MR) is 84.2 cm³/mol. The van der Waals surface area contributed by atoms with E-state index in [9.17, 15) is 4.79 Å². The number of carbonyl (C=O) groups is 1. The van der Waals surface area contributed by atoms with Gasteiger partial charge in [0.25, 0.3) is 0 Å². The van der Waals surface area contributed by atoms with Crippen molar-refractivity contribution < 1.29 is 9.53 Å². The van der Waals surface area contributed by atoms with Crippen molar-refractivity contribution in [1.82, 2.24) is 5.32 Å². The number of carbonyl (C=O) groups excluding carboxylic acids is 1. The monoisotopic (exact) mass is 372 g/mol. The quantitative estimate of drug-likeness (QED) is 0.387. The molecule has 0 aliphatic heterocycles. The summed E-state index contributed by atoms with van der Waals surface area (Å²) >= 11 is 0. The lowest BCUT2D eigenvalue weighted by atomic mass is 10.1. The first kappa shape index (κ1) is 19.6. The maximum absolute atomic E-state index is 11.5. The Bertz CT molecular complexity index is 273. The Labute approximate surface area is 126 Å². The summed E-state index contributed by atoms with van der Waals surface area (Å²) in [6.07, 6.45) is 1.29. The summed E-state index contributed by atoms with van der Waals surface area (Å²) < 4.78 is 5.16. The van der Waals surface area contributed by atoms with Gasteiger partial charge in [0.2, 0.25) is 0 Å². The highest BCUT2D eigenvalue weighted by Crippen LogP contribution is 2.07. The van der Waals surface area contributed by atoms with Crippen LogP contribution in [0.25, 0.3) is 0 Å². The average molecular weight is 372 g/mol. The van der Waals surface area contributed by atoms with Crippen molar-refractivity contribution in [2.45, 2.75) is 52.2 Å². The van der Waals surface area contributed by atoms with E-state index < -0.39 is 11.7 Å². The molecular formula is C11H25IN4O2. The molecule has 108 valence electrons. The maximum atomic E-state index is 11.5. The van der Waals surface area contributed by atoms with E-state index in [-0.39, 0.29) is 36.0 Å². The smallest absolute Gasteiger partial charge is 0.407 e. The first-order valence-corrected chi connectivity index (χ1v) is 5.79. The Kier molecular flexibility index (Phi) is 10.1. The topological polar surface area (TPSA) is 103 Å². The lowest BCUT2D eigenvalue weighted by Crippen LogP contribution is -2.41. The Morgan fingerprint density at radius 1 is 1.39 bits per heavy atom. The third-order valence-electron chi connectivity index (χ3n) is 1.85. The normalized spacial score (nSPS) is 12.0. The SMILES string of the molecule is CCCC(CN=C(N)N)NC(=O)OC(C)(C)C.I. The van der Waals surface area contributed by atoms with E-state index in [1.807, 2.05) is 27.7 Å². The molecule has 0 saturated carbocycles. The molecule has 0 fully saturated rings. The molecule has 0 aliphatic rings. The van der Waals surface area contributed by atoms with Gasteiger partial charge in [0.1, 0.15) is 5.60 Å². The van der Waals surface area contributed by atoms with Crippen molar-refractivity contribution in [2.24, 2.45) is 16.5 Å². The van der Waals surface area contributed by atoms with Crippen LogP contribution in [0.1, 0.15) is 40.5 Å². The summed E-state index contributed by atoms with van der Waals surface area (Å²) in [5, 5.41) is 2.75. The van der Waals surface area contributed by atoms with Crippen LogP contribution in [0.4, 0.5) is 4.79 Å². The summed E-state index contributed by atoms with van der Waals surface area (Å²) in [4.78, 5) is 15.4. The van der Waals surface area contributed by atoms with Crippen LogP contribution in [0, 0.1) is 0 Å². The molecule has 18 heavy (non-hydrogen) atoms. The summed E-state index contributed by atoms with van der Waals surface area (Å²) in [5.74, 6) is 0.0251. The van der Waals surface area contributed by atoms with Crippen molar-refractivity contribution in [1.29, 1.82) is 0 Å². The highest BCUT2D eigenvalue weighted by Gasteiger charge is 2.18. The van der Waals surface area contributed by atoms with E-state index in [1.54, 1.807) is 0 Å². The van der Waals surface area contributed by atoms with Crippen LogP contribution in [0.15, 0.2) is 4.99 Å². The van der Waals surface area contributed by atoms with E-state index in [0.29, 0.717) is 6.54 Å². The lowest BCUT2D eigenvalue weighted by Gasteiger charge is -2.22. The Balaban J connectivity index is 0. The van der Waals surface area contributed by atoms with Crippen molar-refractivity contribution in [3.8, 4) is 0 Å². The number of guanidine groups is 1. The number of nitrogens with zero attached hydrogens (tertiary/aromatic N) is 1. The number of ether oxygens (including phenoxy) is 1. The molecule has 6 nitrogen and oxygen atoms in total. The van der Waals surface area contributed by atoms with Gasteiger partial charge in [0, 0.05) is 0 Å². The molecule has 0 bridgehead atoms. The van der Waals surface area contributed by atoms with E-state index in [0.717, 1.165) is 12.8 Å². The molecule has 0 aromatic heterocycles. The largest absolute Gasteiger partial charge is 0.444 e. The predicted octanol–water partition coefficient (Wildman–Crippen LogP) is 1.57. The number of rotatable bonds is 5. The maximum Gasteiger partial charge on any atom is 0.407 e. The Morgan fingerprint density at radius 2 is 1.94 bits per heavy atom. The number of aliphatic imine (C=N–C) groups is 1. The van der Waals surface area contributed by atoms with Crippen LogP contribution in [-0.4, -0.2) is 30.2 Å². The summed E-state index contributed by atoms with van der Waals surface area (Å²) in [7, 11) is 0. The fourth-order valence-electron chi connectivity index (χ4n) is 1.25. The number of nitrogens with two attached hydrogens (primary N) is 2. The summed E-state index contributed by atoms with van der Waals surface area (Å²) in [5.41, 5.74) is 10.0. The first-order valence-electron chi connectivity index (χ1n) is 5.79. The minimum atomic E-state index is -0.503. The van der Waals surface area contributed by atoms with Crippen LogP contribution in [0.5, 0.6) is 0 Å². The van der Waals surface area contributed by atoms with Gasteiger partial charge in [0.15, 0.2) is 5.96 Å². The number of amides is 1. The van der Waals surface area contributed by atoms with E-state index in [4.69, 9.17) is 16.2 Å². The molecule has 0 spiro atoms. The van der Waals surface area contributed by atoms with E-state index in [1.165, 1.54) is 0 Å². The van der Waals surface area contributed by atoms with Gasteiger partial charge >= 0.3 is 6.09 Å². The minimum Gasteiger partial charge on any atom is -0.444 e. The molecule has 0 radical (unpaired) electrons. The van der Waals surface area contributed by atoms with Gasteiger partial charge in [-0.3, -0.25) is 4.99 Å². The second-order valence-electron chi connectivity index (χ2n) is 4.90. The number of hydrogen-bond donors (Lipinski definition) is 3. The molecule has 1 unspecified atom stereocenters. The van der Waals surface area contributed by atoms with Crippen LogP contribution < -0.4 is 16.8 Å². The molecule has 0 rings (SSSR count). The van der Waals surface area contributed by atoms with Crippen LogP contribution in [0.2, 0.25) is 0 Å². The molecule has 5 N–H and O–H groups in total. The second kappa shape index (κ2) is 9.23. The number of halogens is 1. The van der Waals surface area contributed by atoms with E-state index in [2.05, 4.69) is 10.3 Å². The minimum absolute atomic E-state index is 0. The van der Waals surface area contributed by atoms with Crippen molar-refractivity contribution >= 4 is 36.0 Å². The van der Waals surface area contributed by atoms with Crippen LogP contribution >= 0.6 is 24.0 Å². The molecule has 1 amide bonds. The highest BCUT2D eigenvalue weighted by molar-refractivity contribution is 14.0. The van der Waals surface area contributed by atoms with Crippen molar-refractivity contribution in [2.75, 3.05) is 6.54 Å². The van der Waals surface area contributed by atoms with Gasteiger partial charge in [-0.05, 0) is 27.2 Å². The van der Waals surface area contributed by atoms with Gasteiger partial charge in [-0.25, -0.2) is 4.79 Å². The number of nitrogens with one attached hydrogen (secondary N) is 1. The van der Waals surface area contributed by atoms with Gasteiger partial charge in [-0.15, -0.1) is 24.0 Å². The van der Waals surface area contributed by atoms with Crippen molar-refractivity contribution in [3.63, 3.8) is 0 Å². The zero-order valence-electron chi connectivity index (χ0n) is 11.5. The standard InChI is InChI=1S/C11H24N4O2.HI/c1-5-6-8(7-14-9(12)13)15-10(16)17-11(2,3)4;/h8H,5-7H2,1-4H3,(H,15,16)(H4,12,13,14);1H. The Morgan fingerprint density at radius 3 is 2.33 bits per heavy atom. The third-order valence-corrected chi connectivity index (χ3v) is 1.85. The lowest BCUT2D eigenvalue weighted by molar-refractivity contribution is 0.0503. The molecule has 0 heterocycles. The molecule has 0 aromatic carbocycles. The molecule has 7 heteroatoms. The van der Waals surface area contributed by atoms with Gasteiger partial charge in [-0.2, -0.15) is 0 Å². The summed E-state index contributed by atoms with van der Waals surface area (Å²) in [6.45, 7) is 7.85. The fraction of sp³-hybridized carbons (Fsp3) is 0.818. The van der Waals surface area contributed by atoms with E-state index >= 15 is 0 Å². The highest BCUT2D eigenvalue weighted by atomic mass is 127. The first-order chi connectivity index (χ1) is 7.74. The molecule has 0 aliphatic carbocycles. The van der Waals surface area contributed by atoms with Crippen LogP contribution in [-0.2, 0) is 4.74 Å². The molecule has 1 atom stereocenters. The number of hydrogen-bond acceptors (Lipinski definition) is 3. The van der Waals surface area contributed by atoms with Crippen LogP contribution in [0.3, 0.4) is 0 Å². The fourth-order valence-corrected chi connectivity index (χ4v) is 1.25. The molecule has 0 saturated heterocycles. The zero-order valence-corrected chi connectivity index (χ0v) is 13.9. The third kappa shape index (κ3) is 11.7. The van der Waals surface area contributed by atoms with Gasteiger partial charge in [0.05, 0.1) is 12.6 Å². The number of alkyl carbamates (subject to hydrolysis) is 1. The Hall–Kier alpha value is -0.730.